The number of hydrogen-bond donors (Lipinski definition) is 2. The highest BCUT2D eigenvalue weighted by molar-refractivity contribution is 7.91. The van der Waals surface area contributed by atoms with Crippen LogP contribution in [-0.4, -0.2) is 80.6 Å². The molecule has 0 radical (unpaired) electrons. The molecule has 1 amide bonds. The normalized spacial score (nSPS) is 23.5. The van der Waals surface area contributed by atoms with Gasteiger partial charge < -0.3 is 19.8 Å². The third-order valence-corrected chi connectivity index (χ3v) is 7.80. The van der Waals surface area contributed by atoms with Crippen molar-refractivity contribution in [3.8, 4) is 5.75 Å². The van der Waals surface area contributed by atoms with Crippen LogP contribution in [0.2, 0.25) is 0 Å². The van der Waals surface area contributed by atoms with E-state index in [1.54, 1.807) is 6.07 Å². The molecule has 0 spiro atoms. The summed E-state index contributed by atoms with van der Waals surface area (Å²) in [6.45, 7) is 7.63. The number of hydrogen-bond acceptors (Lipinski definition) is 5. The average Bonchev–Trinajstić information content (AvgIpc) is 3.02. The van der Waals surface area contributed by atoms with Gasteiger partial charge in [-0.25, -0.2) is 8.42 Å². The Kier molecular flexibility index (Phi) is 6.50. The molecule has 0 saturated carbocycles. The molecule has 7 nitrogen and oxygen atoms in total. The molecule has 0 aliphatic carbocycles. The number of nitrogens with one attached hydrogen (secondary N) is 1. The number of phenolic OH excluding ortho intramolecular Hbond substituents is 1. The van der Waals surface area contributed by atoms with Crippen LogP contribution in [0.4, 0.5) is 5.69 Å². The summed E-state index contributed by atoms with van der Waals surface area (Å²) >= 11 is 0. The molecule has 0 aromatic heterocycles. The third-order valence-electron chi connectivity index (χ3n) is 6.05. The SMILES string of the molecule is CC[C@@H](C)N(C(=O)C[NH+]1CCN(c2ccccc2O)CC1)[C@H]1CCS(=O)(=O)C1. The number of amides is 1. The van der Waals surface area contributed by atoms with Crippen molar-refractivity contribution in [3.05, 3.63) is 24.3 Å². The van der Waals surface area contributed by atoms with Crippen LogP contribution in [0.25, 0.3) is 0 Å². The van der Waals surface area contributed by atoms with Crippen molar-refractivity contribution in [3.63, 3.8) is 0 Å². The number of nitrogens with zero attached hydrogens (tertiary/aromatic N) is 2. The van der Waals surface area contributed by atoms with E-state index in [-0.39, 0.29) is 35.2 Å². The van der Waals surface area contributed by atoms with Crippen LogP contribution in [0.1, 0.15) is 26.7 Å². The van der Waals surface area contributed by atoms with Gasteiger partial charge >= 0.3 is 0 Å². The molecular formula is C20H32N3O4S+. The predicted molar refractivity (Wildman–Crippen MR) is 110 cm³/mol. The van der Waals surface area contributed by atoms with E-state index in [1.807, 2.05) is 36.9 Å². The molecule has 2 aliphatic heterocycles. The first-order valence-electron chi connectivity index (χ1n) is 10.2. The maximum atomic E-state index is 13.1. The minimum Gasteiger partial charge on any atom is -0.506 e. The Morgan fingerprint density at radius 3 is 2.57 bits per heavy atom. The van der Waals surface area contributed by atoms with Crippen LogP contribution in [0, 0.1) is 0 Å². The third kappa shape index (κ3) is 4.78. The Labute approximate surface area is 167 Å². The lowest BCUT2D eigenvalue weighted by molar-refractivity contribution is -0.892. The number of piperazine rings is 1. The number of phenols is 1. The highest BCUT2D eigenvalue weighted by Gasteiger charge is 2.38. The van der Waals surface area contributed by atoms with Gasteiger partial charge in [-0.1, -0.05) is 19.1 Å². The first kappa shape index (κ1) is 20.9. The van der Waals surface area contributed by atoms with Gasteiger partial charge in [0.05, 0.1) is 43.4 Å². The summed E-state index contributed by atoms with van der Waals surface area (Å²) < 4.78 is 23.8. The molecule has 0 unspecified atom stereocenters. The van der Waals surface area contributed by atoms with Crippen molar-refractivity contribution >= 4 is 21.4 Å². The van der Waals surface area contributed by atoms with Gasteiger partial charge in [0.25, 0.3) is 5.91 Å². The smallest absolute Gasteiger partial charge is 0.278 e. The van der Waals surface area contributed by atoms with Crippen molar-refractivity contribution in [2.75, 3.05) is 49.1 Å². The number of aromatic hydroxyl groups is 1. The van der Waals surface area contributed by atoms with Gasteiger partial charge in [0.1, 0.15) is 5.75 Å². The molecule has 8 heteroatoms. The molecule has 2 saturated heterocycles. The number of sulfone groups is 1. The summed E-state index contributed by atoms with van der Waals surface area (Å²) in [6.07, 6.45) is 1.37. The van der Waals surface area contributed by atoms with E-state index in [1.165, 1.54) is 4.90 Å². The molecule has 2 heterocycles. The summed E-state index contributed by atoms with van der Waals surface area (Å²) in [5, 5.41) is 10.0. The van der Waals surface area contributed by atoms with Crippen molar-refractivity contribution in [1.82, 2.24) is 4.90 Å². The lowest BCUT2D eigenvalue weighted by Crippen LogP contribution is -3.16. The van der Waals surface area contributed by atoms with E-state index in [2.05, 4.69) is 4.90 Å². The lowest BCUT2D eigenvalue weighted by Gasteiger charge is -2.37. The zero-order chi connectivity index (χ0) is 20.3. The van der Waals surface area contributed by atoms with Gasteiger partial charge in [0, 0.05) is 12.1 Å². The van der Waals surface area contributed by atoms with E-state index in [4.69, 9.17) is 0 Å². The fourth-order valence-electron chi connectivity index (χ4n) is 4.28. The van der Waals surface area contributed by atoms with Gasteiger partial charge in [-0.15, -0.1) is 0 Å². The summed E-state index contributed by atoms with van der Waals surface area (Å²) in [5.74, 6) is 0.624. The Morgan fingerprint density at radius 2 is 2.00 bits per heavy atom. The van der Waals surface area contributed by atoms with Gasteiger partial charge in [-0.2, -0.15) is 0 Å². The Balaban J connectivity index is 1.59. The predicted octanol–water partition coefficient (Wildman–Crippen LogP) is -0.0887. The minimum atomic E-state index is -3.02. The van der Waals surface area contributed by atoms with Crippen molar-refractivity contribution in [2.45, 2.75) is 38.8 Å². The van der Waals surface area contributed by atoms with E-state index in [0.29, 0.717) is 13.0 Å². The van der Waals surface area contributed by atoms with Crippen LogP contribution in [0.5, 0.6) is 5.75 Å². The Morgan fingerprint density at radius 1 is 1.32 bits per heavy atom. The van der Waals surface area contributed by atoms with E-state index in [9.17, 15) is 18.3 Å². The van der Waals surface area contributed by atoms with E-state index >= 15 is 0 Å². The molecule has 28 heavy (non-hydrogen) atoms. The fourth-order valence-corrected chi connectivity index (χ4v) is 5.99. The molecule has 3 rings (SSSR count). The van der Waals surface area contributed by atoms with Crippen LogP contribution in [-0.2, 0) is 14.6 Å². The number of benzene rings is 1. The van der Waals surface area contributed by atoms with E-state index in [0.717, 1.165) is 38.3 Å². The number of quaternary nitrogens is 1. The standard InChI is InChI=1S/C20H31N3O4S/c1-3-16(2)23(17-8-13-28(26,27)15-17)20(25)14-21-9-11-22(12-10-21)18-6-4-5-7-19(18)24/h4-7,16-17,24H,3,8-15H2,1-2H3/p+1/t16-,17+/m1/s1. The lowest BCUT2D eigenvalue weighted by atomic mass is 10.1. The molecule has 2 atom stereocenters. The molecule has 1 aromatic rings. The highest BCUT2D eigenvalue weighted by atomic mass is 32.2. The van der Waals surface area contributed by atoms with Crippen molar-refractivity contribution in [1.29, 1.82) is 0 Å². The molecule has 2 N–H and O–H groups in total. The quantitative estimate of drug-likeness (QED) is 0.685. The number of rotatable bonds is 6. The van der Waals surface area contributed by atoms with Crippen LogP contribution >= 0.6 is 0 Å². The monoisotopic (exact) mass is 410 g/mol. The number of para-hydroxylation sites is 2. The molecule has 2 aliphatic rings. The Hall–Kier alpha value is -1.80. The van der Waals surface area contributed by atoms with Gasteiger partial charge in [0.15, 0.2) is 16.4 Å². The molecule has 0 bridgehead atoms. The Bertz CT molecular complexity index is 790. The van der Waals surface area contributed by atoms with E-state index < -0.39 is 9.84 Å². The van der Waals surface area contributed by atoms with Crippen molar-refractivity contribution in [2.24, 2.45) is 0 Å². The molecule has 2 fully saturated rings. The second-order valence-electron chi connectivity index (χ2n) is 8.02. The minimum absolute atomic E-state index is 0.0488. The molecule has 1 aromatic carbocycles. The maximum Gasteiger partial charge on any atom is 0.278 e. The largest absolute Gasteiger partial charge is 0.506 e. The zero-order valence-electron chi connectivity index (χ0n) is 16.8. The first-order chi connectivity index (χ1) is 13.3. The van der Waals surface area contributed by atoms with Crippen LogP contribution in [0.3, 0.4) is 0 Å². The van der Waals surface area contributed by atoms with Crippen LogP contribution < -0.4 is 9.80 Å². The van der Waals surface area contributed by atoms with Gasteiger partial charge in [0.2, 0.25) is 0 Å². The highest BCUT2D eigenvalue weighted by Crippen LogP contribution is 2.26. The topological polar surface area (TPSA) is 82.4 Å². The fraction of sp³-hybridized carbons (Fsp3) is 0.650. The molecule has 156 valence electrons. The maximum absolute atomic E-state index is 13.1. The summed E-state index contributed by atoms with van der Waals surface area (Å²) in [5.41, 5.74) is 0.838. The number of carbonyl (C=O) groups is 1. The number of carbonyl (C=O) groups excluding carboxylic acids is 1. The van der Waals surface area contributed by atoms with Gasteiger partial charge in [-0.3, -0.25) is 4.79 Å². The zero-order valence-corrected chi connectivity index (χ0v) is 17.6. The van der Waals surface area contributed by atoms with Crippen LogP contribution in [0.15, 0.2) is 24.3 Å². The second-order valence-corrected chi connectivity index (χ2v) is 10.2. The summed E-state index contributed by atoms with van der Waals surface area (Å²) in [6, 6.07) is 7.19. The first-order valence-corrected chi connectivity index (χ1v) is 12.0. The summed E-state index contributed by atoms with van der Waals surface area (Å²) in [4.78, 5) is 18.3. The summed E-state index contributed by atoms with van der Waals surface area (Å²) in [7, 11) is -3.02. The molecular weight excluding hydrogens is 378 g/mol. The number of anilines is 1. The second kappa shape index (κ2) is 8.69. The average molecular weight is 411 g/mol. The van der Waals surface area contributed by atoms with Gasteiger partial charge in [-0.05, 0) is 31.9 Å². The van der Waals surface area contributed by atoms with Crippen molar-refractivity contribution < 1.29 is 23.2 Å².